The summed E-state index contributed by atoms with van der Waals surface area (Å²) >= 11 is 0. The fourth-order valence-corrected chi connectivity index (χ4v) is 1.87. The number of nitriles is 4. The van der Waals surface area contributed by atoms with Gasteiger partial charge in [-0.1, -0.05) is 24.0 Å². The van der Waals surface area contributed by atoms with E-state index in [4.69, 9.17) is 21.0 Å². The van der Waals surface area contributed by atoms with Crippen molar-refractivity contribution < 1.29 is 0 Å². The van der Waals surface area contributed by atoms with E-state index < -0.39 is 0 Å². The molecule has 2 aromatic rings. The first kappa shape index (κ1) is 14.4. The van der Waals surface area contributed by atoms with E-state index in [-0.39, 0.29) is 22.3 Å². The Morgan fingerprint density at radius 2 is 0.864 bits per heavy atom. The summed E-state index contributed by atoms with van der Waals surface area (Å²) in [5.74, 6) is 5.59. The first-order valence-electron chi connectivity index (χ1n) is 6.13. The van der Waals surface area contributed by atoms with E-state index in [0.29, 0.717) is 11.1 Å². The van der Waals surface area contributed by atoms with Crippen LogP contribution in [0.25, 0.3) is 0 Å². The Hall–Kier alpha value is -4.04. The molecule has 0 saturated heterocycles. The van der Waals surface area contributed by atoms with Gasteiger partial charge in [-0.2, -0.15) is 21.0 Å². The van der Waals surface area contributed by atoms with E-state index in [1.165, 1.54) is 0 Å². The highest BCUT2D eigenvalue weighted by Crippen LogP contribution is 2.14. The maximum Gasteiger partial charge on any atom is 0.102 e. The molecule has 0 atom stereocenters. The van der Waals surface area contributed by atoms with Crippen LogP contribution in [0.15, 0.2) is 36.4 Å². The summed E-state index contributed by atoms with van der Waals surface area (Å²) in [6, 6.07) is 17.4. The second-order valence-corrected chi connectivity index (χ2v) is 4.15. The highest BCUT2D eigenvalue weighted by atomic mass is 14.3. The zero-order valence-electron chi connectivity index (χ0n) is 11.3. The van der Waals surface area contributed by atoms with Gasteiger partial charge >= 0.3 is 0 Å². The summed E-state index contributed by atoms with van der Waals surface area (Å²) in [4.78, 5) is 0. The molecule has 0 unspecified atom stereocenters. The Balaban J connectivity index is 2.60. The average Bonchev–Trinajstić information content (AvgIpc) is 2.58. The Kier molecular flexibility index (Phi) is 4.19. The molecule has 0 bridgehead atoms. The lowest BCUT2D eigenvalue weighted by molar-refractivity contribution is 1.41. The van der Waals surface area contributed by atoms with Crippen molar-refractivity contribution in [3.05, 3.63) is 69.8 Å². The van der Waals surface area contributed by atoms with Gasteiger partial charge in [0.1, 0.15) is 24.3 Å². The number of hydrogen-bond acceptors (Lipinski definition) is 4. The molecule has 0 spiro atoms. The normalized spacial score (nSPS) is 8.36. The Morgan fingerprint density at radius 3 is 1.18 bits per heavy atom. The fraction of sp³-hybridized carbons (Fsp3) is 0. The van der Waals surface area contributed by atoms with Crippen LogP contribution in [0.3, 0.4) is 0 Å². The first-order chi connectivity index (χ1) is 10.7. The van der Waals surface area contributed by atoms with Gasteiger partial charge in [0.2, 0.25) is 0 Å². The molecule has 4 nitrogen and oxygen atoms in total. The van der Waals surface area contributed by atoms with Crippen molar-refractivity contribution in [2.75, 3.05) is 0 Å². The van der Waals surface area contributed by atoms with E-state index >= 15 is 0 Å². The Labute approximate surface area is 127 Å². The highest BCUT2D eigenvalue weighted by molar-refractivity contribution is 5.61. The van der Waals surface area contributed by atoms with Gasteiger partial charge in [0.15, 0.2) is 0 Å². The molecule has 2 rings (SSSR count). The molecule has 98 valence electrons. The molecule has 0 heterocycles. The fourth-order valence-electron chi connectivity index (χ4n) is 1.87. The molecular weight excluding hydrogens is 272 g/mol. The van der Waals surface area contributed by atoms with Crippen LogP contribution in [0, 0.1) is 57.2 Å². The van der Waals surface area contributed by atoms with E-state index in [9.17, 15) is 0 Å². The predicted octanol–water partition coefficient (Wildman–Crippen LogP) is 2.57. The van der Waals surface area contributed by atoms with Crippen molar-refractivity contribution >= 4 is 0 Å². The molecule has 0 fully saturated rings. The van der Waals surface area contributed by atoms with Gasteiger partial charge < -0.3 is 0 Å². The molecule has 2 aromatic carbocycles. The van der Waals surface area contributed by atoms with E-state index in [0.717, 1.165) is 0 Å². The third-order valence-corrected chi connectivity index (χ3v) is 2.93. The lowest BCUT2D eigenvalue weighted by Gasteiger charge is -1.98. The van der Waals surface area contributed by atoms with Gasteiger partial charge in [0.25, 0.3) is 0 Å². The summed E-state index contributed by atoms with van der Waals surface area (Å²) in [6.45, 7) is 0. The zero-order valence-corrected chi connectivity index (χ0v) is 11.3. The van der Waals surface area contributed by atoms with Gasteiger partial charge in [0, 0.05) is 11.1 Å². The van der Waals surface area contributed by atoms with Crippen LogP contribution in [-0.2, 0) is 0 Å². The second kappa shape index (κ2) is 6.41. The summed E-state index contributed by atoms with van der Waals surface area (Å²) in [5, 5.41) is 36.3. The smallest absolute Gasteiger partial charge is 0.102 e. The summed E-state index contributed by atoms with van der Waals surface area (Å²) in [5.41, 5.74) is 1.72. The monoisotopic (exact) mass is 278 g/mol. The number of nitrogens with zero attached hydrogens (tertiary/aromatic N) is 4. The molecule has 0 radical (unpaired) electrons. The van der Waals surface area contributed by atoms with Gasteiger partial charge in [-0.25, -0.2) is 0 Å². The largest absolute Gasteiger partial charge is 0.192 e. The molecule has 0 aliphatic heterocycles. The van der Waals surface area contributed by atoms with Crippen molar-refractivity contribution in [2.45, 2.75) is 0 Å². The molecule has 0 N–H and O–H groups in total. The third-order valence-electron chi connectivity index (χ3n) is 2.93. The molecule has 4 heteroatoms. The SMILES string of the molecule is N#Cc1cccc(C#Cc2cccc(C#N)c2C#N)c1C#N. The van der Waals surface area contributed by atoms with Crippen molar-refractivity contribution in [1.82, 2.24) is 0 Å². The minimum Gasteiger partial charge on any atom is -0.192 e. The molecule has 0 saturated carbocycles. The minimum absolute atomic E-state index is 0.201. The quantitative estimate of drug-likeness (QED) is 0.692. The molecule has 0 aromatic heterocycles. The summed E-state index contributed by atoms with van der Waals surface area (Å²) in [7, 11) is 0. The molecule has 22 heavy (non-hydrogen) atoms. The van der Waals surface area contributed by atoms with Crippen molar-refractivity contribution in [1.29, 1.82) is 21.0 Å². The van der Waals surface area contributed by atoms with Crippen LogP contribution in [0.2, 0.25) is 0 Å². The second-order valence-electron chi connectivity index (χ2n) is 4.15. The topological polar surface area (TPSA) is 95.2 Å². The standard InChI is InChI=1S/C18H6N4/c19-9-15-5-1-3-13(17(15)11-21)7-8-14-4-2-6-16(10-20)18(14)12-22/h1-6H. The summed E-state index contributed by atoms with van der Waals surface area (Å²) in [6.07, 6.45) is 0. The van der Waals surface area contributed by atoms with Gasteiger partial charge in [0.05, 0.1) is 22.3 Å². The predicted molar refractivity (Wildman–Crippen MR) is 77.7 cm³/mol. The maximum absolute atomic E-state index is 9.15. The minimum atomic E-state index is 0.201. The third kappa shape index (κ3) is 2.61. The van der Waals surface area contributed by atoms with Gasteiger partial charge in [-0.3, -0.25) is 0 Å². The van der Waals surface area contributed by atoms with Crippen LogP contribution in [0.4, 0.5) is 0 Å². The highest BCUT2D eigenvalue weighted by Gasteiger charge is 2.07. The number of hydrogen-bond donors (Lipinski definition) is 0. The van der Waals surface area contributed by atoms with Crippen molar-refractivity contribution in [3.8, 4) is 36.1 Å². The van der Waals surface area contributed by atoms with Crippen LogP contribution in [-0.4, -0.2) is 0 Å². The van der Waals surface area contributed by atoms with E-state index in [2.05, 4.69) is 11.8 Å². The van der Waals surface area contributed by atoms with E-state index in [1.54, 1.807) is 36.4 Å². The average molecular weight is 278 g/mol. The van der Waals surface area contributed by atoms with Crippen molar-refractivity contribution in [3.63, 3.8) is 0 Å². The first-order valence-corrected chi connectivity index (χ1v) is 6.13. The van der Waals surface area contributed by atoms with Crippen molar-refractivity contribution in [2.24, 2.45) is 0 Å². The molecular formula is C18H6N4. The van der Waals surface area contributed by atoms with Crippen LogP contribution >= 0.6 is 0 Å². The zero-order chi connectivity index (χ0) is 15.9. The number of rotatable bonds is 0. The van der Waals surface area contributed by atoms with Gasteiger partial charge in [-0.15, -0.1) is 0 Å². The lowest BCUT2D eigenvalue weighted by Crippen LogP contribution is -1.91. The van der Waals surface area contributed by atoms with E-state index in [1.807, 2.05) is 24.3 Å². The van der Waals surface area contributed by atoms with Gasteiger partial charge in [-0.05, 0) is 24.3 Å². The van der Waals surface area contributed by atoms with Crippen LogP contribution in [0.5, 0.6) is 0 Å². The lowest BCUT2D eigenvalue weighted by atomic mass is 10.0. The summed E-state index contributed by atoms with van der Waals surface area (Å²) < 4.78 is 0. The Morgan fingerprint density at radius 1 is 0.500 bits per heavy atom. The molecule has 0 amide bonds. The van der Waals surface area contributed by atoms with Crippen LogP contribution < -0.4 is 0 Å². The molecule has 0 aliphatic carbocycles. The molecule has 0 aliphatic rings. The maximum atomic E-state index is 9.15. The Bertz CT molecular complexity index is 898. The number of benzene rings is 2. The van der Waals surface area contributed by atoms with Crippen LogP contribution in [0.1, 0.15) is 33.4 Å².